The molecule has 1 aromatic heterocycles. The van der Waals surface area contributed by atoms with Crippen molar-refractivity contribution in [3.63, 3.8) is 0 Å². The lowest BCUT2D eigenvalue weighted by Gasteiger charge is -2.17. The van der Waals surface area contributed by atoms with Gasteiger partial charge in [0.25, 0.3) is 0 Å². The molecule has 0 aliphatic rings. The number of hydrogen-bond donors (Lipinski definition) is 2. The van der Waals surface area contributed by atoms with Crippen molar-refractivity contribution in [2.45, 2.75) is 40.5 Å². The van der Waals surface area contributed by atoms with Gasteiger partial charge in [0.2, 0.25) is 0 Å². The summed E-state index contributed by atoms with van der Waals surface area (Å²) < 4.78 is 0. The van der Waals surface area contributed by atoms with E-state index in [0.717, 1.165) is 25.1 Å². The second-order valence-corrected chi connectivity index (χ2v) is 4.64. The Balaban J connectivity index is 2.96. The Morgan fingerprint density at radius 3 is 2.50 bits per heavy atom. The number of aromatic carboxylic acids is 1. The molecule has 100 valence electrons. The van der Waals surface area contributed by atoms with E-state index < -0.39 is 5.97 Å². The number of pyridine rings is 1. The Bertz CT molecular complexity index is 426. The number of hydrogen-bond acceptors (Lipinski definition) is 3. The van der Waals surface area contributed by atoms with Crippen LogP contribution in [0.25, 0.3) is 0 Å². The summed E-state index contributed by atoms with van der Waals surface area (Å²) in [6, 6.07) is 1.80. The zero-order chi connectivity index (χ0) is 13.7. The molecule has 0 saturated carbocycles. The van der Waals surface area contributed by atoms with Crippen LogP contribution in [0.3, 0.4) is 0 Å². The molecule has 0 spiro atoms. The monoisotopic (exact) mass is 250 g/mol. The van der Waals surface area contributed by atoms with Crippen molar-refractivity contribution in [3.8, 4) is 0 Å². The van der Waals surface area contributed by atoms with Gasteiger partial charge in [0.1, 0.15) is 5.56 Å². The van der Waals surface area contributed by atoms with Gasteiger partial charge in [0.05, 0.1) is 11.4 Å². The average Bonchev–Trinajstić information content (AvgIpc) is 2.28. The predicted molar refractivity (Wildman–Crippen MR) is 73.2 cm³/mol. The predicted octanol–water partition coefficient (Wildman–Crippen LogP) is 3.24. The molecule has 1 heterocycles. The van der Waals surface area contributed by atoms with E-state index in [9.17, 15) is 9.90 Å². The van der Waals surface area contributed by atoms with Crippen LogP contribution in [0, 0.1) is 19.8 Å². The summed E-state index contributed by atoms with van der Waals surface area (Å²) in [6.45, 7) is 8.71. The van der Waals surface area contributed by atoms with E-state index in [2.05, 4.69) is 24.1 Å². The van der Waals surface area contributed by atoms with Crippen LogP contribution in [-0.2, 0) is 0 Å². The molecule has 18 heavy (non-hydrogen) atoms. The van der Waals surface area contributed by atoms with Crippen LogP contribution in [-0.4, -0.2) is 22.6 Å². The Labute approximate surface area is 108 Å². The first-order valence-electron chi connectivity index (χ1n) is 6.44. The SMILES string of the molecule is CCC(CC)CNc1cc(C)nc(C)c1C(=O)O. The molecule has 0 aromatic carbocycles. The molecular weight excluding hydrogens is 228 g/mol. The minimum absolute atomic E-state index is 0.284. The molecular formula is C14H22N2O2. The summed E-state index contributed by atoms with van der Waals surface area (Å²) in [5.74, 6) is -0.354. The first-order chi connectivity index (χ1) is 8.49. The largest absolute Gasteiger partial charge is 0.478 e. The number of aromatic nitrogens is 1. The van der Waals surface area contributed by atoms with Crippen LogP contribution in [0.1, 0.15) is 48.4 Å². The molecule has 0 bridgehead atoms. The number of carbonyl (C=O) groups is 1. The Hall–Kier alpha value is -1.58. The van der Waals surface area contributed by atoms with Crippen molar-refractivity contribution >= 4 is 11.7 Å². The Morgan fingerprint density at radius 1 is 1.39 bits per heavy atom. The number of anilines is 1. The maximum absolute atomic E-state index is 11.3. The van der Waals surface area contributed by atoms with Gasteiger partial charge in [0.15, 0.2) is 0 Å². The molecule has 0 atom stereocenters. The summed E-state index contributed by atoms with van der Waals surface area (Å²) >= 11 is 0. The fourth-order valence-corrected chi connectivity index (χ4v) is 2.07. The van der Waals surface area contributed by atoms with Crippen LogP contribution in [0.15, 0.2) is 6.07 Å². The standard InChI is InChI=1S/C14H22N2O2/c1-5-11(6-2)8-15-12-7-9(3)16-10(4)13(12)14(17)18/h7,11H,5-6,8H2,1-4H3,(H,15,16)(H,17,18). The van der Waals surface area contributed by atoms with Crippen LogP contribution in [0.4, 0.5) is 5.69 Å². The van der Waals surface area contributed by atoms with Gasteiger partial charge < -0.3 is 10.4 Å². The lowest BCUT2D eigenvalue weighted by atomic mass is 10.0. The van der Waals surface area contributed by atoms with Gasteiger partial charge >= 0.3 is 5.97 Å². The van der Waals surface area contributed by atoms with Crippen LogP contribution >= 0.6 is 0 Å². The number of nitrogens with zero attached hydrogens (tertiary/aromatic N) is 1. The molecule has 0 unspecified atom stereocenters. The second kappa shape index (κ2) is 6.38. The molecule has 1 rings (SSSR count). The fraction of sp³-hybridized carbons (Fsp3) is 0.571. The molecule has 0 amide bonds. The van der Waals surface area contributed by atoms with Crippen LogP contribution in [0.2, 0.25) is 0 Å². The summed E-state index contributed by atoms with van der Waals surface area (Å²) in [5, 5.41) is 12.5. The van der Waals surface area contributed by atoms with Crippen molar-refractivity contribution in [1.29, 1.82) is 0 Å². The lowest BCUT2D eigenvalue weighted by molar-refractivity contribution is 0.0696. The molecule has 0 aliphatic heterocycles. The Morgan fingerprint density at radius 2 is 2.00 bits per heavy atom. The van der Waals surface area contributed by atoms with E-state index >= 15 is 0 Å². The maximum atomic E-state index is 11.3. The Kier molecular flexibility index (Phi) is 5.13. The van der Waals surface area contributed by atoms with E-state index in [1.54, 1.807) is 13.0 Å². The van der Waals surface area contributed by atoms with Crippen molar-refractivity contribution in [1.82, 2.24) is 4.98 Å². The minimum Gasteiger partial charge on any atom is -0.478 e. The lowest BCUT2D eigenvalue weighted by Crippen LogP contribution is -2.16. The van der Waals surface area contributed by atoms with Gasteiger partial charge in [-0.3, -0.25) is 4.98 Å². The molecule has 1 aromatic rings. The normalized spacial score (nSPS) is 10.7. The summed E-state index contributed by atoms with van der Waals surface area (Å²) in [5.41, 5.74) is 2.37. The number of carboxylic acids is 1. The minimum atomic E-state index is -0.924. The first kappa shape index (κ1) is 14.5. The second-order valence-electron chi connectivity index (χ2n) is 4.64. The zero-order valence-corrected chi connectivity index (χ0v) is 11.6. The number of aryl methyl sites for hydroxylation is 2. The highest BCUT2D eigenvalue weighted by molar-refractivity contribution is 5.95. The van der Waals surface area contributed by atoms with Crippen LogP contribution < -0.4 is 5.32 Å². The van der Waals surface area contributed by atoms with E-state index in [1.807, 2.05) is 6.92 Å². The fourth-order valence-electron chi connectivity index (χ4n) is 2.07. The highest BCUT2D eigenvalue weighted by Crippen LogP contribution is 2.21. The van der Waals surface area contributed by atoms with E-state index in [4.69, 9.17) is 0 Å². The zero-order valence-electron chi connectivity index (χ0n) is 11.6. The van der Waals surface area contributed by atoms with Crippen molar-refractivity contribution in [3.05, 3.63) is 23.0 Å². The first-order valence-corrected chi connectivity index (χ1v) is 6.44. The van der Waals surface area contributed by atoms with Gasteiger partial charge in [-0.1, -0.05) is 26.7 Å². The summed E-state index contributed by atoms with van der Waals surface area (Å²) in [4.78, 5) is 15.5. The highest BCUT2D eigenvalue weighted by Gasteiger charge is 2.15. The topological polar surface area (TPSA) is 62.2 Å². The smallest absolute Gasteiger partial charge is 0.339 e. The third-order valence-corrected chi connectivity index (χ3v) is 3.28. The van der Waals surface area contributed by atoms with Gasteiger partial charge in [0, 0.05) is 12.2 Å². The molecule has 0 radical (unpaired) electrons. The molecule has 0 aliphatic carbocycles. The van der Waals surface area contributed by atoms with Gasteiger partial charge in [-0.2, -0.15) is 0 Å². The average molecular weight is 250 g/mol. The summed E-state index contributed by atoms with van der Waals surface area (Å²) in [7, 11) is 0. The maximum Gasteiger partial charge on any atom is 0.339 e. The van der Waals surface area contributed by atoms with Gasteiger partial charge in [-0.05, 0) is 25.8 Å². The number of rotatable bonds is 6. The van der Waals surface area contributed by atoms with Gasteiger partial charge in [-0.15, -0.1) is 0 Å². The van der Waals surface area contributed by atoms with E-state index in [1.165, 1.54) is 0 Å². The molecule has 2 N–H and O–H groups in total. The van der Waals surface area contributed by atoms with Gasteiger partial charge in [-0.25, -0.2) is 4.79 Å². The molecule has 4 nitrogen and oxygen atoms in total. The third kappa shape index (κ3) is 3.45. The quantitative estimate of drug-likeness (QED) is 0.813. The van der Waals surface area contributed by atoms with Crippen molar-refractivity contribution in [2.24, 2.45) is 5.92 Å². The summed E-state index contributed by atoms with van der Waals surface area (Å²) in [6.07, 6.45) is 2.18. The molecule has 4 heteroatoms. The molecule has 0 saturated heterocycles. The van der Waals surface area contributed by atoms with E-state index in [-0.39, 0.29) is 5.56 Å². The van der Waals surface area contributed by atoms with Crippen LogP contribution in [0.5, 0.6) is 0 Å². The molecule has 0 fully saturated rings. The van der Waals surface area contributed by atoms with Crippen molar-refractivity contribution < 1.29 is 9.90 Å². The number of nitrogens with one attached hydrogen (secondary N) is 1. The third-order valence-electron chi connectivity index (χ3n) is 3.28. The highest BCUT2D eigenvalue weighted by atomic mass is 16.4. The van der Waals surface area contributed by atoms with E-state index in [0.29, 0.717) is 17.3 Å². The van der Waals surface area contributed by atoms with Crippen molar-refractivity contribution in [2.75, 3.05) is 11.9 Å². The number of carboxylic acid groups (broad SMARTS) is 1.